The summed E-state index contributed by atoms with van der Waals surface area (Å²) in [5, 5.41) is 3.67. The van der Waals surface area contributed by atoms with Gasteiger partial charge in [-0.2, -0.15) is 0 Å². The maximum Gasteiger partial charge on any atom is 0.251 e. The first-order chi connectivity index (χ1) is 7.65. The molecule has 5 heteroatoms. The van der Waals surface area contributed by atoms with Gasteiger partial charge in [-0.3, -0.25) is 4.79 Å². The number of carbonyl (C=O) groups excluding carboxylic acids is 1. The normalized spacial score (nSPS) is 10.2. The highest BCUT2D eigenvalue weighted by Crippen LogP contribution is 2.16. The van der Waals surface area contributed by atoms with E-state index < -0.39 is 5.82 Å². The summed E-state index contributed by atoms with van der Waals surface area (Å²) in [6.45, 7) is 0.613. The third kappa shape index (κ3) is 4.22. The molecule has 0 unspecified atom stereocenters. The van der Waals surface area contributed by atoms with Crippen LogP contribution in [0.15, 0.2) is 22.7 Å². The predicted molar refractivity (Wildman–Crippen MR) is 69.5 cm³/mol. The molecule has 16 heavy (non-hydrogen) atoms. The highest BCUT2D eigenvalue weighted by atomic mass is 79.9. The summed E-state index contributed by atoms with van der Waals surface area (Å²) < 4.78 is 13.5. The number of halogens is 3. The van der Waals surface area contributed by atoms with Gasteiger partial charge in [-0.25, -0.2) is 4.39 Å². The molecule has 0 spiro atoms. The Balaban J connectivity index is 2.50. The Labute approximate surface area is 111 Å². The number of carbonyl (C=O) groups is 1. The van der Waals surface area contributed by atoms with E-state index in [1.165, 1.54) is 12.1 Å². The van der Waals surface area contributed by atoms with Crippen molar-refractivity contribution < 1.29 is 9.18 Å². The van der Waals surface area contributed by atoms with Crippen LogP contribution in [0, 0.1) is 5.82 Å². The summed E-state index contributed by atoms with van der Waals surface area (Å²) in [5.41, 5.74) is 0.347. The molecule has 0 heterocycles. The first-order valence-corrected chi connectivity index (χ1v) is 6.86. The van der Waals surface area contributed by atoms with Gasteiger partial charge >= 0.3 is 0 Å². The second-order valence-electron chi connectivity index (χ2n) is 3.28. The molecule has 0 saturated carbocycles. The molecule has 0 aliphatic heterocycles. The lowest BCUT2D eigenvalue weighted by atomic mass is 10.2. The molecule has 88 valence electrons. The fourth-order valence-corrected chi connectivity index (χ4v) is 1.80. The van der Waals surface area contributed by atoms with E-state index >= 15 is 0 Å². The van der Waals surface area contributed by atoms with Gasteiger partial charge in [0.15, 0.2) is 0 Å². The zero-order chi connectivity index (χ0) is 12.0. The number of nitrogens with one attached hydrogen (secondary N) is 1. The van der Waals surface area contributed by atoms with Crippen molar-refractivity contribution in [1.29, 1.82) is 0 Å². The van der Waals surface area contributed by atoms with Crippen LogP contribution in [0.5, 0.6) is 0 Å². The standard InChI is InChI=1S/C11H12Br2FNO/c12-5-1-2-6-15-11(16)8-3-4-9(13)10(14)7-8/h3-4,7H,1-2,5-6H2,(H,15,16). The average molecular weight is 353 g/mol. The lowest BCUT2D eigenvalue weighted by Gasteiger charge is -2.05. The van der Waals surface area contributed by atoms with E-state index in [2.05, 4.69) is 37.2 Å². The molecule has 0 radical (unpaired) electrons. The van der Waals surface area contributed by atoms with Crippen LogP contribution in [0.1, 0.15) is 23.2 Å². The number of hydrogen-bond acceptors (Lipinski definition) is 1. The topological polar surface area (TPSA) is 29.1 Å². The van der Waals surface area contributed by atoms with Crippen molar-refractivity contribution in [1.82, 2.24) is 5.32 Å². The number of hydrogen-bond donors (Lipinski definition) is 1. The molecule has 1 aromatic carbocycles. The van der Waals surface area contributed by atoms with Gasteiger partial charge in [0.25, 0.3) is 5.91 Å². The first-order valence-electron chi connectivity index (χ1n) is 4.94. The van der Waals surface area contributed by atoms with Crippen LogP contribution in [-0.2, 0) is 0 Å². The van der Waals surface area contributed by atoms with Gasteiger partial charge in [0.05, 0.1) is 4.47 Å². The summed E-state index contributed by atoms with van der Waals surface area (Å²) >= 11 is 6.35. The minimum absolute atomic E-state index is 0.235. The molecule has 0 bridgehead atoms. The molecule has 0 fully saturated rings. The lowest BCUT2D eigenvalue weighted by molar-refractivity contribution is 0.0952. The third-order valence-electron chi connectivity index (χ3n) is 2.03. The van der Waals surface area contributed by atoms with Crippen LogP contribution >= 0.6 is 31.9 Å². The summed E-state index contributed by atoms with van der Waals surface area (Å²) in [6, 6.07) is 4.35. The van der Waals surface area contributed by atoms with E-state index in [4.69, 9.17) is 0 Å². The molecule has 0 aliphatic carbocycles. The molecular weight excluding hydrogens is 341 g/mol. The van der Waals surface area contributed by atoms with Crippen LogP contribution in [0.3, 0.4) is 0 Å². The van der Waals surface area contributed by atoms with E-state index in [1.54, 1.807) is 6.07 Å². The summed E-state index contributed by atoms with van der Waals surface area (Å²) in [5.74, 6) is -0.658. The quantitative estimate of drug-likeness (QED) is 0.637. The van der Waals surface area contributed by atoms with Crippen molar-refractivity contribution >= 4 is 37.8 Å². The fraction of sp³-hybridized carbons (Fsp3) is 0.364. The van der Waals surface area contributed by atoms with Gasteiger partial charge in [0.1, 0.15) is 5.82 Å². The molecule has 0 aromatic heterocycles. The largest absolute Gasteiger partial charge is 0.352 e. The van der Waals surface area contributed by atoms with E-state index in [-0.39, 0.29) is 5.91 Å². The van der Waals surface area contributed by atoms with E-state index in [1.807, 2.05) is 0 Å². The molecule has 0 saturated heterocycles. The molecule has 1 aromatic rings. The number of alkyl halides is 1. The van der Waals surface area contributed by atoms with Crippen molar-refractivity contribution in [2.75, 3.05) is 11.9 Å². The van der Waals surface area contributed by atoms with Gasteiger partial charge < -0.3 is 5.32 Å². The number of amides is 1. The zero-order valence-electron chi connectivity index (χ0n) is 8.60. The molecule has 2 nitrogen and oxygen atoms in total. The maximum atomic E-state index is 13.1. The van der Waals surface area contributed by atoms with Crippen LogP contribution in [0.2, 0.25) is 0 Å². The van der Waals surface area contributed by atoms with E-state index in [9.17, 15) is 9.18 Å². The number of unbranched alkanes of at least 4 members (excludes halogenated alkanes) is 1. The van der Waals surface area contributed by atoms with Crippen molar-refractivity contribution in [3.05, 3.63) is 34.1 Å². The highest BCUT2D eigenvalue weighted by Gasteiger charge is 2.07. The van der Waals surface area contributed by atoms with Gasteiger partial charge in [0.2, 0.25) is 0 Å². The Morgan fingerprint density at radius 2 is 2.12 bits per heavy atom. The van der Waals surface area contributed by atoms with Gasteiger partial charge in [0, 0.05) is 17.4 Å². The fourth-order valence-electron chi connectivity index (χ4n) is 1.16. The zero-order valence-corrected chi connectivity index (χ0v) is 11.8. The Hall–Kier alpha value is -0.420. The minimum atomic E-state index is -0.423. The van der Waals surface area contributed by atoms with E-state index in [0.717, 1.165) is 18.2 Å². The summed E-state index contributed by atoms with van der Waals surface area (Å²) in [4.78, 5) is 11.6. The molecule has 1 rings (SSSR count). The molecule has 0 aliphatic rings. The SMILES string of the molecule is O=C(NCCCCBr)c1ccc(Br)c(F)c1. The van der Waals surface area contributed by atoms with Gasteiger partial charge in [-0.15, -0.1) is 0 Å². The van der Waals surface area contributed by atoms with Crippen molar-refractivity contribution in [2.24, 2.45) is 0 Å². The van der Waals surface area contributed by atoms with Crippen LogP contribution in [0.25, 0.3) is 0 Å². The van der Waals surface area contributed by atoms with Crippen molar-refractivity contribution in [3.63, 3.8) is 0 Å². The monoisotopic (exact) mass is 351 g/mol. The van der Waals surface area contributed by atoms with Gasteiger partial charge in [-0.05, 0) is 47.0 Å². The van der Waals surface area contributed by atoms with Crippen LogP contribution in [-0.4, -0.2) is 17.8 Å². The third-order valence-corrected chi connectivity index (χ3v) is 3.23. The number of rotatable bonds is 5. The second-order valence-corrected chi connectivity index (χ2v) is 4.93. The van der Waals surface area contributed by atoms with Crippen molar-refractivity contribution in [3.8, 4) is 0 Å². The molecule has 0 atom stereocenters. The molecule has 1 amide bonds. The Bertz CT molecular complexity index is 371. The van der Waals surface area contributed by atoms with Crippen LogP contribution in [0.4, 0.5) is 4.39 Å². The lowest BCUT2D eigenvalue weighted by Crippen LogP contribution is -2.24. The first kappa shape index (κ1) is 13.6. The van der Waals surface area contributed by atoms with Crippen LogP contribution < -0.4 is 5.32 Å². The Kier molecular flexibility index (Phi) is 5.98. The van der Waals surface area contributed by atoms with Gasteiger partial charge in [-0.1, -0.05) is 15.9 Å². The highest BCUT2D eigenvalue weighted by molar-refractivity contribution is 9.10. The van der Waals surface area contributed by atoms with E-state index in [0.29, 0.717) is 16.6 Å². The van der Waals surface area contributed by atoms with Crippen molar-refractivity contribution in [2.45, 2.75) is 12.8 Å². The second kappa shape index (κ2) is 7.01. The average Bonchev–Trinajstić information content (AvgIpc) is 2.28. The Morgan fingerprint density at radius 3 is 2.75 bits per heavy atom. The maximum absolute atomic E-state index is 13.1. The minimum Gasteiger partial charge on any atom is -0.352 e. The summed E-state index contributed by atoms with van der Waals surface area (Å²) in [7, 11) is 0. The molecule has 1 N–H and O–H groups in total. The Morgan fingerprint density at radius 1 is 1.38 bits per heavy atom. The molecular formula is C11H12Br2FNO. The number of benzene rings is 1. The summed E-state index contributed by atoms with van der Waals surface area (Å²) in [6.07, 6.45) is 1.92. The smallest absolute Gasteiger partial charge is 0.251 e. The predicted octanol–water partition coefficient (Wildman–Crippen LogP) is 3.49.